The molecule has 0 spiro atoms. The van der Waals surface area contributed by atoms with Crippen LogP contribution in [0, 0.1) is 12.8 Å². The Labute approximate surface area is 123 Å². The molecule has 5 nitrogen and oxygen atoms in total. The van der Waals surface area contributed by atoms with Crippen LogP contribution in [-0.4, -0.2) is 59.9 Å². The van der Waals surface area contributed by atoms with Gasteiger partial charge >= 0.3 is 0 Å². The Bertz CT molecular complexity index is 397. The van der Waals surface area contributed by atoms with Crippen molar-refractivity contribution in [2.24, 2.45) is 18.7 Å². The fraction of sp³-hybridized carbons (Fsp3) is 0.800. The van der Waals surface area contributed by atoms with E-state index in [9.17, 15) is 0 Å². The van der Waals surface area contributed by atoms with Gasteiger partial charge in [-0.3, -0.25) is 9.58 Å². The van der Waals surface area contributed by atoms with E-state index < -0.39 is 0 Å². The Morgan fingerprint density at radius 1 is 1.30 bits per heavy atom. The summed E-state index contributed by atoms with van der Waals surface area (Å²) in [5.74, 6) is 0.628. The minimum absolute atomic E-state index is 0.256. The molecule has 1 aromatic rings. The first-order valence-electron chi connectivity index (χ1n) is 7.44. The van der Waals surface area contributed by atoms with Gasteiger partial charge in [-0.25, -0.2) is 0 Å². The monoisotopic (exact) mass is 281 g/mol. The highest BCUT2D eigenvalue weighted by atomic mass is 15.3. The van der Waals surface area contributed by atoms with E-state index in [0.29, 0.717) is 12.5 Å². The lowest BCUT2D eigenvalue weighted by molar-refractivity contribution is 0.163. The van der Waals surface area contributed by atoms with Crippen molar-refractivity contribution in [3.05, 3.63) is 17.5 Å². The van der Waals surface area contributed by atoms with Gasteiger partial charge in [-0.05, 0) is 26.9 Å². The highest BCUT2D eigenvalue weighted by Crippen LogP contribution is 2.23. The molecule has 1 atom stereocenters. The average molecular weight is 281 g/mol. The summed E-state index contributed by atoms with van der Waals surface area (Å²) in [6.07, 6.45) is 2.11. The van der Waals surface area contributed by atoms with Gasteiger partial charge < -0.3 is 10.6 Å². The number of aryl methyl sites for hydroxylation is 2. The summed E-state index contributed by atoms with van der Waals surface area (Å²) >= 11 is 0. The van der Waals surface area contributed by atoms with Crippen LogP contribution in [0.4, 0.5) is 0 Å². The molecular weight excluding hydrogens is 250 g/mol. The molecule has 0 aromatic carbocycles. The number of hydrogen-bond acceptors (Lipinski definition) is 4. The van der Waals surface area contributed by atoms with Crippen molar-refractivity contribution in [1.82, 2.24) is 19.6 Å². The van der Waals surface area contributed by atoms with Gasteiger partial charge in [0.2, 0.25) is 0 Å². The molecule has 0 aliphatic carbocycles. The molecular formula is C15H31N5. The molecule has 0 bridgehead atoms. The molecule has 0 radical (unpaired) electrons. The first-order chi connectivity index (χ1) is 9.35. The van der Waals surface area contributed by atoms with Gasteiger partial charge in [0, 0.05) is 45.0 Å². The van der Waals surface area contributed by atoms with E-state index in [4.69, 9.17) is 5.73 Å². The van der Waals surface area contributed by atoms with Crippen molar-refractivity contribution in [3.63, 3.8) is 0 Å². The summed E-state index contributed by atoms with van der Waals surface area (Å²) in [7, 11) is 6.19. The van der Waals surface area contributed by atoms with Gasteiger partial charge in [0.05, 0.1) is 11.7 Å². The summed E-state index contributed by atoms with van der Waals surface area (Å²) < 4.78 is 1.88. The van der Waals surface area contributed by atoms with Crippen molar-refractivity contribution >= 4 is 0 Å². The molecule has 116 valence electrons. The van der Waals surface area contributed by atoms with Crippen LogP contribution in [0.1, 0.15) is 31.1 Å². The Morgan fingerprint density at radius 3 is 2.35 bits per heavy atom. The molecule has 1 aromatic heterocycles. The van der Waals surface area contributed by atoms with Crippen LogP contribution in [0.3, 0.4) is 0 Å². The number of nitrogens with zero attached hydrogens (tertiary/aromatic N) is 4. The first kappa shape index (κ1) is 17.1. The quantitative estimate of drug-likeness (QED) is 0.779. The Kier molecular flexibility index (Phi) is 6.65. The summed E-state index contributed by atoms with van der Waals surface area (Å²) in [6, 6.07) is 0.256. The van der Waals surface area contributed by atoms with E-state index in [0.717, 1.165) is 25.3 Å². The third-order valence-corrected chi connectivity index (χ3v) is 3.51. The van der Waals surface area contributed by atoms with Crippen LogP contribution in [0.25, 0.3) is 0 Å². The number of hydrogen-bond donors (Lipinski definition) is 1. The lowest BCUT2D eigenvalue weighted by Crippen LogP contribution is -2.40. The predicted octanol–water partition coefficient (Wildman–Crippen LogP) is 1.25. The Morgan fingerprint density at radius 2 is 1.95 bits per heavy atom. The maximum atomic E-state index is 6.07. The van der Waals surface area contributed by atoms with Crippen LogP contribution in [0.15, 0.2) is 6.20 Å². The SMILES string of the molecule is Cc1nn(C)cc1C(CN)N(CCN(C)C)CC(C)C. The molecule has 0 amide bonds. The summed E-state index contributed by atoms with van der Waals surface area (Å²) in [6.45, 7) is 10.3. The molecule has 0 saturated carbocycles. The van der Waals surface area contributed by atoms with E-state index >= 15 is 0 Å². The molecule has 0 saturated heterocycles. The van der Waals surface area contributed by atoms with E-state index in [1.165, 1.54) is 5.56 Å². The standard InChI is InChI=1S/C15H31N5/c1-12(2)10-20(8-7-18(4)5)15(9-16)14-11-19(6)17-13(14)3/h11-12,15H,7-10,16H2,1-6H3. The van der Waals surface area contributed by atoms with Gasteiger partial charge in [0.1, 0.15) is 0 Å². The molecule has 5 heteroatoms. The van der Waals surface area contributed by atoms with E-state index in [-0.39, 0.29) is 6.04 Å². The third-order valence-electron chi connectivity index (χ3n) is 3.51. The number of aromatic nitrogens is 2. The smallest absolute Gasteiger partial charge is 0.0641 e. The zero-order valence-electron chi connectivity index (χ0n) is 13.9. The minimum atomic E-state index is 0.256. The van der Waals surface area contributed by atoms with Crippen LogP contribution in [0.2, 0.25) is 0 Å². The molecule has 2 N–H and O–H groups in total. The summed E-state index contributed by atoms with van der Waals surface area (Å²) in [4.78, 5) is 4.71. The number of likely N-dealkylation sites (N-methyl/N-ethyl adjacent to an activating group) is 1. The van der Waals surface area contributed by atoms with Gasteiger partial charge in [-0.1, -0.05) is 13.8 Å². The highest BCUT2D eigenvalue weighted by Gasteiger charge is 2.23. The highest BCUT2D eigenvalue weighted by molar-refractivity contribution is 5.20. The molecule has 20 heavy (non-hydrogen) atoms. The molecule has 0 aliphatic heterocycles. The second kappa shape index (κ2) is 7.76. The maximum absolute atomic E-state index is 6.07. The van der Waals surface area contributed by atoms with E-state index in [2.05, 4.69) is 56.0 Å². The zero-order chi connectivity index (χ0) is 15.3. The van der Waals surface area contributed by atoms with Gasteiger partial charge in [-0.2, -0.15) is 5.10 Å². The van der Waals surface area contributed by atoms with Crippen molar-refractivity contribution in [1.29, 1.82) is 0 Å². The van der Waals surface area contributed by atoms with Crippen molar-refractivity contribution in [2.45, 2.75) is 26.8 Å². The lowest BCUT2D eigenvalue weighted by atomic mass is 10.0. The third kappa shape index (κ3) is 4.89. The van der Waals surface area contributed by atoms with Crippen molar-refractivity contribution in [2.75, 3.05) is 40.3 Å². The molecule has 0 aliphatic rings. The topological polar surface area (TPSA) is 50.3 Å². The normalized spacial score (nSPS) is 13.7. The Hall–Kier alpha value is -0.910. The zero-order valence-corrected chi connectivity index (χ0v) is 13.9. The lowest BCUT2D eigenvalue weighted by Gasteiger charge is -2.33. The van der Waals surface area contributed by atoms with Gasteiger partial charge in [0.25, 0.3) is 0 Å². The Balaban J connectivity index is 2.91. The molecule has 0 fully saturated rings. The first-order valence-corrected chi connectivity index (χ1v) is 7.44. The van der Waals surface area contributed by atoms with E-state index in [1.54, 1.807) is 0 Å². The van der Waals surface area contributed by atoms with Gasteiger partial charge in [0.15, 0.2) is 0 Å². The van der Waals surface area contributed by atoms with Crippen molar-refractivity contribution in [3.8, 4) is 0 Å². The van der Waals surface area contributed by atoms with Crippen LogP contribution < -0.4 is 5.73 Å². The largest absolute Gasteiger partial charge is 0.329 e. The summed E-state index contributed by atoms with van der Waals surface area (Å²) in [5, 5.41) is 4.46. The van der Waals surface area contributed by atoms with Crippen molar-refractivity contribution < 1.29 is 0 Å². The average Bonchev–Trinajstić information content (AvgIpc) is 2.65. The van der Waals surface area contributed by atoms with E-state index in [1.807, 2.05) is 11.7 Å². The van der Waals surface area contributed by atoms with Crippen LogP contribution in [-0.2, 0) is 7.05 Å². The fourth-order valence-corrected chi connectivity index (χ4v) is 2.59. The van der Waals surface area contributed by atoms with Gasteiger partial charge in [-0.15, -0.1) is 0 Å². The van der Waals surface area contributed by atoms with Crippen LogP contribution in [0.5, 0.6) is 0 Å². The number of rotatable bonds is 8. The number of nitrogens with two attached hydrogens (primary N) is 1. The fourth-order valence-electron chi connectivity index (χ4n) is 2.59. The molecule has 1 unspecified atom stereocenters. The second-order valence-electron chi connectivity index (χ2n) is 6.29. The second-order valence-corrected chi connectivity index (χ2v) is 6.29. The minimum Gasteiger partial charge on any atom is -0.329 e. The predicted molar refractivity (Wildman–Crippen MR) is 84.7 cm³/mol. The molecule has 1 heterocycles. The van der Waals surface area contributed by atoms with Crippen LogP contribution >= 0.6 is 0 Å². The summed E-state index contributed by atoms with van der Waals surface area (Å²) in [5.41, 5.74) is 8.42. The maximum Gasteiger partial charge on any atom is 0.0641 e. The molecule has 1 rings (SSSR count).